The molecule has 6 nitrogen and oxygen atoms in total. The summed E-state index contributed by atoms with van der Waals surface area (Å²) in [5.74, 6) is -0.679. The Morgan fingerprint density at radius 1 is 1.20 bits per heavy atom. The monoisotopic (exact) mass is 418 g/mol. The van der Waals surface area contributed by atoms with E-state index in [9.17, 15) is 9.59 Å². The summed E-state index contributed by atoms with van der Waals surface area (Å²) in [6, 6.07) is 9.75. The Kier molecular flexibility index (Phi) is 9.53. The lowest BCUT2D eigenvalue weighted by Crippen LogP contribution is -2.38. The molecule has 0 spiro atoms. The standard InChI is InChI=1S/C24H34O6/c1-18(25)29-20(14-13-19-10-6-5-7-11-19)21(30-22-12-8-9-16-27-22)15-17-28-23(26)24(2,3)4/h5-7,10-11,13-14,20-22H,8-9,12,15-17H2,1-4H3/b14-13+/t20-,21-,22?/m0/s1. The minimum absolute atomic E-state index is 0.171. The molecule has 0 saturated carbocycles. The minimum Gasteiger partial charge on any atom is -0.465 e. The van der Waals surface area contributed by atoms with Crippen molar-refractivity contribution in [1.82, 2.24) is 0 Å². The summed E-state index contributed by atoms with van der Waals surface area (Å²) in [6.45, 7) is 7.62. The maximum absolute atomic E-state index is 12.1. The van der Waals surface area contributed by atoms with E-state index in [-0.39, 0.29) is 18.9 Å². The second-order valence-electron chi connectivity index (χ2n) is 8.49. The highest BCUT2D eigenvalue weighted by Crippen LogP contribution is 2.22. The molecule has 3 atom stereocenters. The summed E-state index contributed by atoms with van der Waals surface area (Å²) in [4.78, 5) is 23.9. The first-order valence-electron chi connectivity index (χ1n) is 10.6. The van der Waals surface area contributed by atoms with E-state index in [4.69, 9.17) is 18.9 Å². The van der Waals surface area contributed by atoms with Crippen LogP contribution in [0, 0.1) is 5.41 Å². The molecule has 0 N–H and O–H groups in total. The van der Waals surface area contributed by atoms with Gasteiger partial charge in [0, 0.05) is 20.0 Å². The van der Waals surface area contributed by atoms with Crippen molar-refractivity contribution in [3.8, 4) is 0 Å². The summed E-state index contributed by atoms with van der Waals surface area (Å²) in [7, 11) is 0. The third-order valence-corrected chi connectivity index (χ3v) is 4.66. The van der Waals surface area contributed by atoms with Crippen molar-refractivity contribution < 1.29 is 28.5 Å². The molecule has 2 rings (SSSR count). The van der Waals surface area contributed by atoms with E-state index >= 15 is 0 Å². The molecule has 1 heterocycles. The molecule has 0 bridgehead atoms. The molecule has 0 amide bonds. The van der Waals surface area contributed by atoms with Gasteiger partial charge < -0.3 is 18.9 Å². The van der Waals surface area contributed by atoms with Crippen LogP contribution in [0.1, 0.15) is 58.9 Å². The lowest BCUT2D eigenvalue weighted by Gasteiger charge is -2.31. The van der Waals surface area contributed by atoms with E-state index in [0.29, 0.717) is 13.0 Å². The van der Waals surface area contributed by atoms with Crippen molar-refractivity contribution in [2.45, 2.75) is 71.9 Å². The number of hydrogen-bond donors (Lipinski definition) is 0. The summed E-state index contributed by atoms with van der Waals surface area (Å²) in [5.41, 5.74) is 0.409. The van der Waals surface area contributed by atoms with Crippen molar-refractivity contribution in [3.63, 3.8) is 0 Å². The molecule has 0 aliphatic carbocycles. The average molecular weight is 419 g/mol. The predicted octanol–water partition coefficient (Wildman–Crippen LogP) is 4.52. The summed E-state index contributed by atoms with van der Waals surface area (Å²) >= 11 is 0. The van der Waals surface area contributed by atoms with Gasteiger partial charge in [-0.25, -0.2) is 0 Å². The highest BCUT2D eigenvalue weighted by Gasteiger charge is 2.29. The molecule has 1 aliphatic heterocycles. The molecule has 1 unspecified atom stereocenters. The van der Waals surface area contributed by atoms with Crippen LogP contribution in [0.4, 0.5) is 0 Å². The molecule has 6 heteroatoms. The number of hydrogen-bond acceptors (Lipinski definition) is 6. The fraction of sp³-hybridized carbons (Fsp3) is 0.583. The van der Waals surface area contributed by atoms with Crippen molar-refractivity contribution in [2.75, 3.05) is 13.2 Å². The second-order valence-corrected chi connectivity index (χ2v) is 8.49. The number of benzene rings is 1. The first-order chi connectivity index (χ1) is 14.3. The van der Waals surface area contributed by atoms with Gasteiger partial charge in [0.15, 0.2) is 6.29 Å². The van der Waals surface area contributed by atoms with E-state index in [0.717, 1.165) is 24.8 Å². The SMILES string of the molecule is CC(=O)O[C@@H](/C=C/c1ccccc1)[C@H](CCOC(=O)C(C)(C)C)OC1CCCCO1. The summed E-state index contributed by atoms with van der Waals surface area (Å²) in [5, 5.41) is 0. The highest BCUT2D eigenvalue weighted by atomic mass is 16.7. The number of carbonyl (C=O) groups excluding carboxylic acids is 2. The van der Waals surface area contributed by atoms with E-state index < -0.39 is 23.6 Å². The number of ether oxygens (including phenoxy) is 4. The molecule has 1 aromatic rings. The van der Waals surface area contributed by atoms with Crippen LogP contribution in [-0.2, 0) is 28.5 Å². The van der Waals surface area contributed by atoms with Crippen LogP contribution in [0.2, 0.25) is 0 Å². The Balaban J connectivity index is 2.12. The van der Waals surface area contributed by atoms with E-state index in [1.165, 1.54) is 6.92 Å². The van der Waals surface area contributed by atoms with Gasteiger partial charge in [-0.1, -0.05) is 36.4 Å². The minimum atomic E-state index is -0.624. The molecule has 0 radical (unpaired) electrons. The van der Waals surface area contributed by atoms with Crippen LogP contribution >= 0.6 is 0 Å². The average Bonchev–Trinajstić information content (AvgIpc) is 2.71. The van der Waals surface area contributed by atoms with Gasteiger partial charge in [-0.15, -0.1) is 0 Å². The zero-order valence-corrected chi connectivity index (χ0v) is 18.5. The predicted molar refractivity (Wildman–Crippen MR) is 115 cm³/mol. The maximum Gasteiger partial charge on any atom is 0.311 e. The lowest BCUT2D eigenvalue weighted by molar-refractivity contribution is -0.211. The molecular weight excluding hydrogens is 384 g/mol. The second kappa shape index (κ2) is 11.9. The zero-order valence-electron chi connectivity index (χ0n) is 18.5. The Morgan fingerprint density at radius 3 is 2.53 bits per heavy atom. The van der Waals surface area contributed by atoms with E-state index in [2.05, 4.69) is 0 Å². The van der Waals surface area contributed by atoms with Gasteiger partial charge in [-0.05, 0) is 51.7 Å². The molecule has 30 heavy (non-hydrogen) atoms. The molecule has 0 aromatic heterocycles. The quantitative estimate of drug-likeness (QED) is 0.549. The summed E-state index contributed by atoms with van der Waals surface area (Å²) < 4.78 is 22.9. The molecule has 1 aliphatic rings. The van der Waals surface area contributed by atoms with Gasteiger partial charge in [-0.2, -0.15) is 0 Å². The van der Waals surface area contributed by atoms with Crippen LogP contribution in [0.5, 0.6) is 0 Å². The molecule has 166 valence electrons. The normalized spacial score (nSPS) is 19.3. The molecule has 1 saturated heterocycles. The van der Waals surface area contributed by atoms with E-state index in [1.807, 2.05) is 63.3 Å². The fourth-order valence-corrected chi connectivity index (χ4v) is 3.01. The zero-order chi connectivity index (χ0) is 22.0. The van der Waals surface area contributed by atoms with Crippen LogP contribution < -0.4 is 0 Å². The van der Waals surface area contributed by atoms with Crippen LogP contribution in [0.15, 0.2) is 36.4 Å². The third kappa shape index (κ3) is 8.67. The molecular formula is C24H34O6. The van der Waals surface area contributed by atoms with Gasteiger partial charge in [0.2, 0.25) is 0 Å². The van der Waals surface area contributed by atoms with Crippen LogP contribution in [0.3, 0.4) is 0 Å². The van der Waals surface area contributed by atoms with Crippen molar-refractivity contribution >= 4 is 18.0 Å². The number of carbonyl (C=O) groups is 2. The topological polar surface area (TPSA) is 71.1 Å². The van der Waals surface area contributed by atoms with Gasteiger partial charge in [0.25, 0.3) is 0 Å². The Hall–Kier alpha value is -2.18. The Bertz CT molecular complexity index is 685. The number of rotatable bonds is 9. The van der Waals surface area contributed by atoms with Crippen molar-refractivity contribution in [2.24, 2.45) is 5.41 Å². The first-order valence-corrected chi connectivity index (χ1v) is 10.6. The van der Waals surface area contributed by atoms with Gasteiger partial charge in [0.1, 0.15) is 12.2 Å². The van der Waals surface area contributed by atoms with Crippen LogP contribution in [-0.4, -0.2) is 43.7 Å². The molecule has 1 aromatic carbocycles. The number of esters is 2. The first kappa shape index (κ1) is 24.1. The van der Waals surface area contributed by atoms with Gasteiger partial charge in [-0.3, -0.25) is 9.59 Å². The Labute approximate surface area is 179 Å². The van der Waals surface area contributed by atoms with Crippen molar-refractivity contribution in [1.29, 1.82) is 0 Å². The van der Waals surface area contributed by atoms with Crippen molar-refractivity contribution in [3.05, 3.63) is 42.0 Å². The summed E-state index contributed by atoms with van der Waals surface area (Å²) in [6.07, 6.45) is 5.44. The maximum atomic E-state index is 12.1. The molecule has 1 fully saturated rings. The Morgan fingerprint density at radius 2 is 1.93 bits per heavy atom. The lowest BCUT2D eigenvalue weighted by atomic mass is 9.97. The van der Waals surface area contributed by atoms with Gasteiger partial charge in [0.05, 0.1) is 12.0 Å². The smallest absolute Gasteiger partial charge is 0.311 e. The highest BCUT2D eigenvalue weighted by molar-refractivity contribution is 5.75. The van der Waals surface area contributed by atoms with E-state index in [1.54, 1.807) is 0 Å². The van der Waals surface area contributed by atoms with Crippen LogP contribution in [0.25, 0.3) is 6.08 Å². The van der Waals surface area contributed by atoms with Gasteiger partial charge >= 0.3 is 11.9 Å². The largest absolute Gasteiger partial charge is 0.465 e. The third-order valence-electron chi connectivity index (χ3n) is 4.66. The fourth-order valence-electron chi connectivity index (χ4n) is 3.01.